The Morgan fingerprint density at radius 2 is 2.25 bits per heavy atom. The summed E-state index contributed by atoms with van der Waals surface area (Å²) in [5, 5.41) is 11.8. The fourth-order valence-electron chi connectivity index (χ4n) is 2.02. The third kappa shape index (κ3) is 2.14. The fourth-order valence-corrected chi connectivity index (χ4v) is 2.02. The van der Waals surface area contributed by atoms with Crippen LogP contribution in [0.2, 0.25) is 0 Å². The Kier molecular flexibility index (Phi) is 3.06. The molecule has 0 heterocycles. The summed E-state index contributed by atoms with van der Waals surface area (Å²) in [7, 11) is 0. The van der Waals surface area contributed by atoms with Gasteiger partial charge < -0.3 is 10.4 Å². The minimum absolute atomic E-state index is 0.215. The van der Waals surface area contributed by atoms with Crippen molar-refractivity contribution < 1.29 is 9.90 Å². The highest BCUT2D eigenvalue weighted by atomic mass is 16.4. The van der Waals surface area contributed by atoms with Crippen LogP contribution in [0.1, 0.15) is 17.0 Å². The lowest BCUT2D eigenvalue weighted by Crippen LogP contribution is -2.31. The summed E-state index contributed by atoms with van der Waals surface area (Å²) in [5.74, 6) is -0.403. The molecule has 1 aliphatic rings. The first kappa shape index (κ1) is 10.9. The van der Waals surface area contributed by atoms with Gasteiger partial charge in [-0.25, -0.2) is 4.79 Å². The van der Waals surface area contributed by atoms with Gasteiger partial charge in [-0.2, -0.15) is 0 Å². The maximum absolute atomic E-state index is 10.5. The Morgan fingerprint density at radius 3 is 2.94 bits per heavy atom. The van der Waals surface area contributed by atoms with E-state index in [9.17, 15) is 4.79 Å². The van der Waals surface area contributed by atoms with E-state index >= 15 is 0 Å². The highest BCUT2D eigenvalue weighted by molar-refractivity contribution is 5.86. The van der Waals surface area contributed by atoms with Gasteiger partial charge in [0.1, 0.15) is 0 Å². The highest BCUT2D eigenvalue weighted by Crippen LogP contribution is 2.33. The monoisotopic (exact) mass is 217 g/mol. The number of rotatable bonds is 5. The molecule has 1 atom stereocenters. The first-order valence-corrected chi connectivity index (χ1v) is 5.38. The predicted molar refractivity (Wildman–Crippen MR) is 62.5 cm³/mol. The van der Waals surface area contributed by atoms with Crippen LogP contribution in [0.25, 0.3) is 0 Å². The minimum atomic E-state index is -0.929. The van der Waals surface area contributed by atoms with E-state index in [2.05, 4.69) is 30.1 Å². The maximum atomic E-state index is 10.5. The zero-order valence-corrected chi connectivity index (χ0v) is 9.07. The van der Waals surface area contributed by atoms with Gasteiger partial charge in [0.25, 0.3) is 0 Å². The molecular formula is C13H15NO2. The quantitative estimate of drug-likeness (QED) is 0.736. The van der Waals surface area contributed by atoms with Gasteiger partial charge in [-0.3, -0.25) is 0 Å². The zero-order chi connectivity index (χ0) is 11.5. The van der Waals surface area contributed by atoms with E-state index in [1.165, 1.54) is 11.1 Å². The molecule has 0 radical (unpaired) electrons. The Labute approximate surface area is 94.8 Å². The molecule has 0 spiro atoms. The fraction of sp³-hybridized carbons (Fsp3) is 0.308. The number of hydrogen-bond donors (Lipinski definition) is 2. The molecule has 1 unspecified atom stereocenters. The van der Waals surface area contributed by atoms with Crippen LogP contribution in [0.5, 0.6) is 0 Å². The topological polar surface area (TPSA) is 49.3 Å². The summed E-state index contributed by atoms with van der Waals surface area (Å²) >= 11 is 0. The van der Waals surface area contributed by atoms with Gasteiger partial charge in [0.2, 0.25) is 0 Å². The van der Waals surface area contributed by atoms with Crippen molar-refractivity contribution >= 4 is 5.97 Å². The van der Waals surface area contributed by atoms with Crippen LogP contribution >= 0.6 is 0 Å². The summed E-state index contributed by atoms with van der Waals surface area (Å²) in [5.41, 5.74) is 3.01. The molecule has 0 aliphatic heterocycles. The van der Waals surface area contributed by atoms with Gasteiger partial charge in [-0.15, -0.1) is 0 Å². The van der Waals surface area contributed by atoms with Gasteiger partial charge in [-0.05, 0) is 17.5 Å². The molecule has 2 rings (SSSR count). The third-order valence-corrected chi connectivity index (χ3v) is 2.99. The van der Waals surface area contributed by atoms with Crippen molar-refractivity contribution in [1.82, 2.24) is 5.32 Å². The lowest BCUT2D eigenvalue weighted by Gasteiger charge is -2.30. The van der Waals surface area contributed by atoms with Crippen molar-refractivity contribution in [2.45, 2.75) is 12.3 Å². The van der Waals surface area contributed by atoms with E-state index in [1.807, 2.05) is 6.07 Å². The smallest absolute Gasteiger partial charge is 0.332 e. The summed E-state index contributed by atoms with van der Waals surface area (Å²) < 4.78 is 0. The molecule has 3 heteroatoms. The van der Waals surface area contributed by atoms with Crippen molar-refractivity contribution in [2.75, 3.05) is 13.1 Å². The van der Waals surface area contributed by atoms with E-state index in [1.54, 1.807) is 0 Å². The second-order valence-corrected chi connectivity index (χ2v) is 4.14. The average molecular weight is 217 g/mol. The summed E-state index contributed by atoms with van der Waals surface area (Å²) in [6.07, 6.45) is 1.09. The Morgan fingerprint density at radius 1 is 1.50 bits per heavy atom. The molecule has 16 heavy (non-hydrogen) atoms. The van der Waals surface area contributed by atoms with Crippen LogP contribution in [-0.4, -0.2) is 24.2 Å². The van der Waals surface area contributed by atoms with Gasteiger partial charge in [0.05, 0.1) is 0 Å². The molecule has 1 aromatic carbocycles. The highest BCUT2D eigenvalue weighted by Gasteiger charge is 2.24. The summed E-state index contributed by atoms with van der Waals surface area (Å²) in [6.45, 7) is 4.66. The number of nitrogens with one attached hydrogen (secondary N) is 1. The van der Waals surface area contributed by atoms with Crippen LogP contribution in [-0.2, 0) is 11.2 Å². The standard InChI is InChI=1S/C13H15NO2/c1-9(13(15)16)7-14-8-11-6-10-4-2-3-5-12(10)11/h2-5,11,14H,1,6-8H2,(H,15,16). The number of carboxylic acids is 1. The van der Waals surface area contributed by atoms with E-state index in [0.29, 0.717) is 12.5 Å². The minimum Gasteiger partial charge on any atom is -0.478 e. The molecule has 1 aromatic rings. The first-order valence-electron chi connectivity index (χ1n) is 5.38. The first-order chi connectivity index (χ1) is 7.68. The molecule has 0 aromatic heterocycles. The molecule has 1 aliphatic carbocycles. The van der Waals surface area contributed by atoms with Crippen LogP contribution < -0.4 is 5.32 Å². The van der Waals surface area contributed by atoms with Gasteiger partial charge >= 0.3 is 5.97 Å². The second kappa shape index (κ2) is 4.49. The lowest BCUT2D eigenvalue weighted by atomic mass is 9.77. The van der Waals surface area contributed by atoms with Gasteiger partial charge in [-0.1, -0.05) is 30.8 Å². The van der Waals surface area contributed by atoms with E-state index in [0.717, 1.165) is 13.0 Å². The Balaban J connectivity index is 1.78. The molecule has 0 fully saturated rings. The van der Waals surface area contributed by atoms with Crippen LogP contribution in [0.3, 0.4) is 0 Å². The molecule has 0 saturated heterocycles. The second-order valence-electron chi connectivity index (χ2n) is 4.14. The van der Waals surface area contributed by atoms with Crippen molar-refractivity contribution in [2.24, 2.45) is 0 Å². The number of hydrogen-bond acceptors (Lipinski definition) is 2. The number of benzene rings is 1. The van der Waals surface area contributed by atoms with Gasteiger partial charge in [0.15, 0.2) is 0 Å². The SMILES string of the molecule is C=C(CNCC1Cc2ccccc21)C(=O)O. The molecular weight excluding hydrogens is 202 g/mol. The normalized spacial score (nSPS) is 17.4. The van der Waals surface area contributed by atoms with Crippen LogP contribution in [0.4, 0.5) is 0 Å². The number of fused-ring (bicyclic) bond motifs is 1. The lowest BCUT2D eigenvalue weighted by molar-refractivity contribution is -0.132. The summed E-state index contributed by atoms with van der Waals surface area (Å²) in [4.78, 5) is 10.5. The number of carbonyl (C=O) groups is 1. The van der Waals surface area contributed by atoms with Crippen molar-refractivity contribution in [3.63, 3.8) is 0 Å². The molecule has 0 amide bonds. The number of carboxylic acid groups (broad SMARTS) is 1. The molecule has 0 saturated carbocycles. The van der Waals surface area contributed by atoms with E-state index in [-0.39, 0.29) is 5.57 Å². The third-order valence-electron chi connectivity index (χ3n) is 2.99. The van der Waals surface area contributed by atoms with Crippen molar-refractivity contribution in [1.29, 1.82) is 0 Å². The van der Waals surface area contributed by atoms with E-state index in [4.69, 9.17) is 5.11 Å². The Bertz CT molecular complexity index is 426. The maximum Gasteiger partial charge on any atom is 0.332 e. The van der Waals surface area contributed by atoms with Gasteiger partial charge in [0, 0.05) is 24.6 Å². The largest absolute Gasteiger partial charge is 0.478 e. The molecule has 3 nitrogen and oxygen atoms in total. The summed E-state index contributed by atoms with van der Waals surface area (Å²) in [6, 6.07) is 8.37. The van der Waals surface area contributed by atoms with Crippen LogP contribution in [0, 0.1) is 0 Å². The Hall–Kier alpha value is -1.61. The van der Waals surface area contributed by atoms with Crippen molar-refractivity contribution in [3.8, 4) is 0 Å². The predicted octanol–water partition coefficient (Wildman–Crippen LogP) is 1.56. The molecule has 0 bridgehead atoms. The molecule has 2 N–H and O–H groups in total. The number of aliphatic carboxylic acids is 1. The van der Waals surface area contributed by atoms with Crippen LogP contribution in [0.15, 0.2) is 36.4 Å². The zero-order valence-electron chi connectivity index (χ0n) is 9.07. The average Bonchev–Trinajstić information content (AvgIpc) is 2.24. The van der Waals surface area contributed by atoms with Crippen molar-refractivity contribution in [3.05, 3.63) is 47.5 Å². The van der Waals surface area contributed by atoms with E-state index < -0.39 is 5.97 Å². The molecule has 84 valence electrons.